The van der Waals surface area contributed by atoms with Crippen molar-refractivity contribution in [1.29, 1.82) is 0 Å². The molecule has 0 rings (SSSR count). The van der Waals surface area contributed by atoms with Gasteiger partial charge in [0.25, 0.3) is 0 Å². The Kier molecular flexibility index (Phi) is 21.3. The fourth-order valence-corrected chi connectivity index (χ4v) is 2.53. The quantitative estimate of drug-likeness (QED) is 0.317. The number of Topliss-reactive ketones (excluding diaryl/α,β-unsaturated/α-hetero) is 1. The van der Waals surface area contributed by atoms with Gasteiger partial charge in [-0.15, -0.1) is 0 Å². The number of carbonyl (C=O) groups is 2. The zero-order valence-electron chi connectivity index (χ0n) is 14.9. The van der Waals surface area contributed by atoms with Gasteiger partial charge >= 0.3 is 5.97 Å². The summed E-state index contributed by atoms with van der Waals surface area (Å²) in [6.45, 7) is 2.19. The molecule has 22 heavy (non-hydrogen) atoms. The van der Waals surface area contributed by atoms with Crippen LogP contribution in [-0.4, -0.2) is 46.4 Å². The molecule has 0 amide bonds. The van der Waals surface area contributed by atoms with Gasteiger partial charge in [-0.3, -0.25) is 9.59 Å². The molecule has 0 bridgehead atoms. The van der Waals surface area contributed by atoms with E-state index in [1.165, 1.54) is 38.5 Å². The van der Waals surface area contributed by atoms with Gasteiger partial charge in [-0.1, -0.05) is 64.7 Å². The van der Waals surface area contributed by atoms with Crippen LogP contribution >= 0.6 is 0 Å². The minimum Gasteiger partial charge on any atom is -0.481 e. The van der Waals surface area contributed by atoms with Crippen LogP contribution in [0.15, 0.2) is 0 Å². The number of rotatable bonds is 16. The number of ketones is 1. The molecule has 1 radical (unpaired) electrons. The summed E-state index contributed by atoms with van der Waals surface area (Å²) in [5.41, 5.74) is 0. The molecule has 0 atom stereocenters. The molecule has 0 fully saturated rings. The van der Waals surface area contributed by atoms with Crippen LogP contribution < -0.4 is 0 Å². The first-order valence-electron chi connectivity index (χ1n) is 8.90. The number of carbonyl (C=O) groups excluding carboxylic acids is 1. The molecule has 1 N–H and O–H groups in total. The first-order valence-corrected chi connectivity index (χ1v) is 8.90. The topological polar surface area (TPSA) is 54.4 Å². The SMILES string of the molecule is CCCCCCC(=O)CCCCCCCCCCC(=O)O.[Na]. The van der Waals surface area contributed by atoms with Gasteiger partial charge in [0.1, 0.15) is 5.78 Å². The minimum atomic E-state index is -0.686. The van der Waals surface area contributed by atoms with Gasteiger partial charge in [0.2, 0.25) is 0 Å². The van der Waals surface area contributed by atoms with Crippen molar-refractivity contribution in [2.45, 2.75) is 103 Å². The zero-order chi connectivity index (χ0) is 15.8. The number of hydrogen-bond acceptors (Lipinski definition) is 2. The summed E-state index contributed by atoms with van der Waals surface area (Å²) >= 11 is 0. The van der Waals surface area contributed by atoms with Crippen LogP contribution in [0.4, 0.5) is 0 Å². The van der Waals surface area contributed by atoms with Gasteiger partial charge < -0.3 is 5.11 Å². The Balaban J connectivity index is 0. The maximum Gasteiger partial charge on any atom is 0.303 e. The maximum atomic E-state index is 11.6. The van der Waals surface area contributed by atoms with E-state index in [1.807, 2.05) is 0 Å². The predicted molar refractivity (Wildman–Crippen MR) is 93.3 cm³/mol. The Morgan fingerprint density at radius 2 is 1.00 bits per heavy atom. The van der Waals surface area contributed by atoms with Crippen LogP contribution in [0.1, 0.15) is 103 Å². The van der Waals surface area contributed by atoms with Crippen molar-refractivity contribution in [1.82, 2.24) is 0 Å². The number of hydrogen-bond donors (Lipinski definition) is 1. The second-order valence-electron chi connectivity index (χ2n) is 6.07. The van der Waals surface area contributed by atoms with E-state index in [-0.39, 0.29) is 29.6 Å². The summed E-state index contributed by atoms with van der Waals surface area (Å²) in [7, 11) is 0. The molecule has 0 saturated carbocycles. The van der Waals surface area contributed by atoms with Crippen LogP contribution in [0, 0.1) is 0 Å². The monoisotopic (exact) mass is 321 g/mol. The van der Waals surface area contributed by atoms with Crippen molar-refractivity contribution >= 4 is 41.3 Å². The van der Waals surface area contributed by atoms with Gasteiger partial charge in [-0.25, -0.2) is 0 Å². The summed E-state index contributed by atoms with van der Waals surface area (Å²) in [6.07, 6.45) is 15.4. The van der Waals surface area contributed by atoms with E-state index in [0.717, 1.165) is 51.4 Å². The molecule has 0 aliphatic rings. The Labute approximate surface area is 158 Å². The zero-order valence-corrected chi connectivity index (χ0v) is 16.9. The smallest absolute Gasteiger partial charge is 0.303 e. The van der Waals surface area contributed by atoms with Crippen LogP contribution in [-0.2, 0) is 9.59 Å². The van der Waals surface area contributed by atoms with Gasteiger partial charge in [0.15, 0.2) is 0 Å². The second kappa shape index (κ2) is 19.2. The average molecular weight is 321 g/mol. The summed E-state index contributed by atoms with van der Waals surface area (Å²) in [5, 5.41) is 8.51. The molecular weight excluding hydrogens is 287 g/mol. The van der Waals surface area contributed by atoms with Crippen molar-refractivity contribution in [3.63, 3.8) is 0 Å². The normalized spacial score (nSPS) is 10.2. The van der Waals surface area contributed by atoms with Crippen molar-refractivity contribution in [3.05, 3.63) is 0 Å². The summed E-state index contributed by atoms with van der Waals surface area (Å²) in [4.78, 5) is 22.0. The number of unbranched alkanes of at least 4 members (excludes halogenated alkanes) is 10. The second-order valence-corrected chi connectivity index (χ2v) is 6.07. The first-order chi connectivity index (χ1) is 10.2. The number of aliphatic carboxylic acids is 1. The Hall–Kier alpha value is 0.140. The van der Waals surface area contributed by atoms with Crippen molar-refractivity contribution in [2.24, 2.45) is 0 Å². The van der Waals surface area contributed by atoms with E-state index < -0.39 is 5.97 Å². The maximum absolute atomic E-state index is 11.6. The molecule has 125 valence electrons. The third-order valence-corrected chi connectivity index (χ3v) is 3.91. The van der Waals surface area contributed by atoms with Gasteiger partial charge in [-0.2, -0.15) is 0 Å². The van der Waals surface area contributed by atoms with E-state index in [1.54, 1.807) is 0 Å². The Morgan fingerprint density at radius 3 is 1.41 bits per heavy atom. The van der Waals surface area contributed by atoms with Crippen LogP contribution in [0.5, 0.6) is 0 Å². The largest absolute Gasteiger partial charge is 0.481 e. The molecule has 4 heteroatoms. The third kappa shape index (κ3) is 20.1. The third-order valence-electron chi connectivity index (χ3n) is 3.91. The van der Waals surface area contributed by atoms with E-state index >= 15 is 0 Å². The molecule has 0 unspecified atom stereocenters. The fourth-order valence-electron chi connectivity index (χ4n) is 2.53. The molecule has 0 aromatic heterocycles. The molecule has 0 aliphatic carbocycles. The molecule has 3 nitrogen and oxygen atoms in total. The van der Waals surface area contributed by atoms with Crippen LogP contribution in [0.25, 0.3) is 0 Å². The summed E-state index contributed by atoms with van der Waals surface area (Å²) in [5.74, 6) is -0.242. The average Bonchev–Trinajstić information content (AvgIpc) is 2.45. The van der Waals surface area contributed by atoms with Gasteiger partial charge in [0, 0.05) is 48.8 Å². The number of carboxylic acids is 1. The van der Waals surface area contributed by atoms with Gasteiger partial charge in [0.05, 0.1) is 0 Å². The standard InChI is InChI=1S/C18H34O3.Na/c1-2-3-4-11-14-17(19)15-12-9-7-5-6-8-10-13-16-18(20)21;/h2-16H2,1H3,(H,20,21);. The first kappa shape index (κ1) is 24.4. The molecule has 0 saturated heterocycles. The number of carboxylic acid groups (broad SMARTS) is 1. The molecule has 0 heterocycles. The van der Waals surface area contributed by atoms with E-state index in [2.05, 4.69) is 6.92 Å². The van der Waals surface area contributed by atoms with E-state index in [0.29, 0.717) is 12.2 Å². The Morgan fingerprint density at radius 1 is 0.636 bits per heavy atom. The van der Waals surface area contributed by atoms with Crippen LogP contribution in [0.2, 0.25) is 0 Å². The molecule has 0 spiro atoms. The molecule has 0 aliphatic heterocycles. The molecule has 0 aromatic carbocycles. The fraction of sp³-hybridized carbons (Fsp3) is 0.889. The van der Waals surface area contributed by atoms with Crippen molar-refractivity contribution in [3.8, 4) is 0 Å². The summed E-state index contributed by atoms with van der Waals surface area (Å²) < 4.78 is 0. The molecule has 0 aromatic rings. The Bertz CT molecular complexity index is 267. The van der Waals surface area contributed by atoms with Crippen LogP contribution in [0.3, 0.4) is 0 Å². The van der Waals surface area contributed by atoms with Crippen molar-refractivity contribution in [2.75, 3.05) is 0 Å². The van der Waals surface area contributed by atoms with E-state index in [9.17, 15) is 9.59 Å². The predicted octanol–water partition coefficient (Wildman–Crippen LogP) is 5.13. The van der Waals surface area contributed by atoms with Crippen molar-refractivity contribution < 1.29 is 14.7 Å². The van der Waals surface area contributed by atoms with E-state index in [4.69, 9.17) is 5.11 Å². The molecular formula is C18H34NaO3. The van der Waals surface area contributed by atoms with Gasteiger partial charge in [-0.05, 0) is 19.3 Å². The summed E-state index contributed by atoms with van der Waals surface area (Å²) in [6, 6.07) is 0. The minimum absolute atomic E-state index is 0.